The van der Waals surface area contributed by atoms with E-state index in [4.69, 9.17) is 4.74 Å². The highest BCUT2D eigenvalue weighted by molar-refractivity contribution is 5.81. The highest BCUT2D eigenvalue weighted by Crippen LogP contribution is 2.50. The number of nitrogens with zero attached hydrogens (tertiary/aromatic N) is 2. The molecule has 5 heteroatoms. The number of ether oxygens (including phenoxy) is 1. The van der Waals surface area contributed by atoms with Crippen molar-refractivity contribution in [1.29, 1.82) is 0 Å². The third kappa shape index (κ3) is 2.60. The average Bonchev–Trinajstić information content (AvgIpc) is 3.28. The smallest absolute Gasteiger partial charge is 0.226 e. The largest absolute Gasteiger partial charge is 0.344 e. The molecule has 3 aliphatic heterocycles. The summed E-state index contributed by atoms with van der Waals surface area (Å²) in [5, 5.41) is 0. The first-order valence-electron chi connectivity index (χ1n) is 9.59. The number of likely N-dealkylation sites (tertiary alicyclic amines) is 1. The Morgan fingerprint density at radius 3 is 2.81 bits per heavy atom. The summed E-state index contributed by atoms with van der Waals surface area (Å²) < 4.78 is 20.0. The molecule has 2 aromatic carbocycles. The van der Waals surface area contributed by atoms with Gasteiger partial charge >= 0.3 is 0 Å². The molecule has 4 nitrogen and oxygen atoms in total. The summed E-state index contributed by atoms with van der Waals surface area (Å²) in [5.41, 5.74) is 2.68. The van der Waals surface area contributed by atoms with Crippen molar-refractivity contribution in [2.45, 2.75) is 44.2 Å². The number of benzene rings is 2. The van der Waals surface area contributed by atoms with Crippen LogP contribution in [0.1, 0.15) is 35.6 Å². The van der Waals surface area contributed by atoms with Crippen molar-refractivity contribution in [2.75, 3.05) is 13.1 Å². The van der Waals surface area contributed by atoms with Crippen molar-refractivity contribution in [3.63, 3.8) is 0 Å². The number of amides is 1. The van der Waals surface area contributed by atoms with Crippen LogP contribution in [0.3, 0.4) is 0 Å². The highest BCUT2D eigenvalue weighted by atomic mass is 19.1. The topological polar surface area (TPSA) is 32.8 Å². The maximum atomic E-state index is 13.4. The van der Waals surface area contributed by atoms with Gasteiger partial charge in [0.25, 0.3) is 0 Å². The first-order chi connectivity index (χ1) is 13.1. The molecule has 0 radical (unpaired) electrons. The van der Waals surface area contributed by atoms with Crippen LogP contribution in [0.4, 0.5) is 4.39 Å². The minimum Gasteiger partial charge on any atom is -0.344 e. The molecule has 2 aromatic rings. The van der Waals surface area contributed by atoms with E-state index >= 15 is 0 Å². The van der Waals surface area contributed by atoms with Crippen LogP contribution < -0.4 is 0 Å². The van der Waals surface area contributed by atoms with Crippen LogP contribution in [0.2, 0.25) is 0 Å². The Hall–Kier alpha value is -2.24. The molecule has 27 heavy (non-hydrogen) atoms. The van der Waals surface area contributed by atoms with E-state index in [-0.39, 0.29) is 23.9 Å². The van der Waals surface area contributed by atoms with E-state index in [1.54, 1.807) is 6.07 Å². The van der Waals surface area contributed by atoms with Gasteiger partial charge in [0.05, 0.1) is 12.6 Å². The number of hydrogen-bond donors (Lipinski definition) is 0. The first-order valence-corrected chi connectivity index (χ1v) is 9.59. The second-order valence-corrected chi connectivity index (χ2v) is 7.88. The van der Waals surface area contributed by atoms with Crippen molar-refractivity contribution in [2.24, 2.45) is 0 Å². The quantitative estimate of drug-likeness (QED) is 0.835. The molecular weight excluding hydrogens is 343 g/mol. The van der Waals surface area contributed by atoms with Gasteiger partial charge in [-0.2, -0.15) is 0 Å². The summed E-state index contributed by atoms with van der Waals surface area (Å²) in [7, 11) is 0. The lowest BCUT2D eigenvalue weighted by Gasteiger charge is -2.32. The minimum absolute atomic E-state index is 0.0585. The van der Waals surface area contributed by atoms with E-state index in [1.165, 1.54) is 6.07 Å². The fraction of sp³-hybridized carbons (Fsp3) is 0.409. The Morgan fingerprint density at radius 2 is 2.04 bits per heavy atom. The maximum Gasteiger partial charge on any atom is 0.226 e. The number of carbonyl (C=O) groups is 1. The van der Waals surface area contributed by atoms with E-state index in [2.05, 4.69) is 17.0 Å². The van der Waals surface area contributed by atoms with Crippen LogP contribution in [-0.4, -0.2) is 40.6 Å². The minimum atomic E-state index is -0.508. The molecule has 3 atom stereocenters. The number of carbonyl (C=O) groups excluding carboxylic acids is 1. The fourth-order valence-corrected chi connectivity index (χ4v) is 4.99. The summed E-state index contributed by atoms with van der Waals surface area (Å²) in [6, 6.07) is 15.1. The molecule has 140 valence electrons. The second-order valence-electron chi connectivity index (χ2n) is 7.88. The van der Waals surface area contributed by atoms with Crippen LogP contribution in [0.15, 0.2) is 48.5 Å². The van der Waals surface area contributed by atoms with Crippen molar-refractivity contribution in [3.05, 3.63) is 71.0 Å². The predicted octanol–water partition coefficient (Wildman–Crippen LogP) is 3.41. The predicted molar refractivity (Wildman–Crippen MR) is 99.3 cm³/mol. The lowest BCUT2D eigenvalue weighted by molar-refractivity contribution is -0.138. The monoisotopic (exact) mass is 366 g/mol. The third-order valence-corrected chi connectivity index (χ3v) is 6.39. The van der Waals surface area contributed by atoms with E-state index < -0.39 is 5.72 Å². The fourth-order valence-electron chi connectivity index (χ4n) is 4.99. The average molecular weight is 366 g/mol. The SMILES string of the molecule is Cc1cc(F)ccc1CN1CC[C@@]23O[C@H](c4ccccc4)CN2C(=O)C[C@@H]13. The summed E-state index contributed by atoms with van der Waals surface area (Å²) in [6.07, 6.45) is 1.26. The molecule has 1 amide bonds. The van der Waals surface area contributed by atoms with Gasteiger partial charge in [-0.05, 0) is 35.7 Å². The van der Waals surface area contributed by atoms with Gasteiger partial charge in [-0.15, -0.1) is 0 Å². The Balaban J connectivity index is 1.40. The first kappa shape index (κ1) is 16.9. The molecule has 3 fully saturated rings. The van der Waals surface area contributed by atoms with Gasteiger partial charge in [-0.1, -0.05) is 36.4 Å². The molecule has 3 aliphatic rings. The summed E-state index contributed by atoms with van der Waals surface area (Å²) in [4.78, 5) is 17.0. The number of aryl methyl sites for hydroxylation is 1. The molecule has 3 saturated heterocycles. The Labute approximate surface area is 158 Å². The van der Waals surface area contributed by atoms with Crippen molar-refractivity contribution < 1.29 is 13.9 Å². The maximum absolute atomic E-state index is 13.4. The zero-order valence-electron chi connectivity index (χ0n) is 15.4. The Morgan fingerprint density at radius 1 is 1.22 bits per heavy atom. The van der Waals surface area contributed by atoms with E-state index in [0.29, 0.717) is 13.0 Å². The van der Waals surface area contributed by atoms with Crippen LogP contribution in [-0.2, 0) is 16.1 Å². The van der Waals surface area contributed by atoms with Crippen LogP contribution in [0.5, 0.6) is 0 Å². The molecule has 0 N–H and O–H groups in total. The van der Waals surface area contributed by atoms with Crippen LogP contribution >= 0.6 is 0 Å². The molecule has 1 spiro atoms. The van der Waals surface area contributed by atoms with Crippen molar-refractivity contribution in [1.82, 2.24) is 9.80 Å². The van der Waals surface area contributed by atoms with Gasteiger partial charge in [0, 0.05) is 25.9 Å². The van der Waals surface area contributed by atoms with Gasteiger partial charge < -0.3 is 9.64 Å². The summed E-state index contributed by atoms with van der Waals surface area (Å²) in [5.74, 6) is -0.0276. The van der Waals surface area contributed by atoms with Gasteiger partial charge in [0.1, 0.15) is 11.9 Å². The van der Waals surface area contributed by atoms with Gasteiger partial charge in [0.15, 0.2) is 5.72 Å². The highest BCUT2D eigenvalue weighted by Gasteiger charge is 2.63. The molecule has 0 unspecified atom stereocenters. The van der Waals surface area contributed by atoms with Crippen LogP contribution in [0, 0.1) is 12.7 Å². The molecule has 3 heterocycles. The van der Waals surface area contributed by atoms with E-state index in [1.807, 2.05) is 36.1 Å². The van der Waals surface area contributed by atoms with E-state index in [9.17, 15) is 9.18 Å². The number of halogens is 1. The van der Waals surface area contributed by atoms with Crippen molar-refractivity contribution >= 4 is 5.91 Å². The standard InChI is InChI=1S/C22H23FN2O2/c1-15-11-18(23)8-7-17(15)13-24-10-9-22-20(24)12-21(26)25(22)14-19(27-22)16-5-3-2-4-6-16/h2-8,11,19-20H,9-10,12-14H2,1H3/t19-,20+,22-/m0/s1. The number of rotatable bonds is 3. The van der Waals surface area contributed by atoms with Gasteiger partial charge in [-0.25, -0.2) is 4.39 Å². The van der Waals surface area contributed by atoms with Gasteiger partial charge in [0.2, 0.25) is 5.91 Å². The molecule has 0 aromatic heterocycles. The van der Waals surface area contributed by atoms with Crippen LogP contribution in [0.25, 0.3) is 0 Å². The Kier molecular flexibility index (Phi) is 3.85. The normalized spacial score (nSPS) is 30.0. The van der Waals surface area contributed by atoms with Crippen molar-refractivity contribution in [3.8, 4) is 0 Å². The Bertz CT molecular complexity index is 887. The molecular formula is C22H23FN2O2. The zero-order chi connectivity index (χ0) is 18.6. The van der Waals surface area contributed by atoms with Gasteiger partial charge in [-0.3, -0.25) is 9.69 Å². The zero-order valence-corrected chi connectivity index (χ0v) is 15.4. The third-order valence-electron chi connectivity index (χ3n) is 6.39. The summed E-state index contributed by atoms with van der Waals surface area (Å²) >= 11 is 0. The number of hydrogen-bond acceptors (Lipinski definition) is 3. The molecule has 0 aliphatic carbocycles. The van der Waals surface area contributed by atoms with E-state index in [0.717, 1.165) is 36.2 Å². The summed E-state index contributed by atoms with van der Waals surface area (Å²) in [6.45, 7) is 4.17. The lowest BCUT2D eigenvalue weighted by atomic mass is 10.0. The molecule has 0 saturated carbocycles. The molecule has 5 rings (SSSR count). The molecule has 0 bridgehead atoms. The second kappa shape index (κ2) is 6.14. The lowest BCUT2D eigenvalue weighted by Crippen LogP contribution is -2.47.